The SMILES string of the molecule is CC1(CNC(=O)C(C)(C)C)CCN(c2ncnc3cccc(F)c23)CC1. The number of piperidine rings is 1. The number of benzene rings is 1. The van der Waals surface area contributed by atoms with Gasteiger partial charge in [0.15, 0.2) is 0 Å². The van der Waals surface area contributed by atoms with Crippen molar-refractivity contribution in [3.05, 3.63) is 30.3 Å². The molecule has 26 heavy (non-hydrogen) atoms. The molecule has 0 aliphatic carbocycles. The number of rotatable bonds is 3. The molecule has 0 atom stereocenters. The average molecular weight is 358 g/mol. The lowest BCUT2D eigenvalue weighted by Crippen LogP contribution is -2.47. The second-order valence-electron chi connectivity index (χ2n) is 8.56. The maximum Gasteiger partial charge on any atom is 0.225 e. The van der Waals surface area contributed by atoms with E-state index in [1.807, 2.05) is 20.8 Å². The zero-order valence-electron chi connectivity index (χ0n) is 16.0. The number of anilines is 1. The number of nitrogens with one attached hydrogen (secondary N) is 1. The second-order valence-corrected chi connectivity index (χ2v) is 8.56. The summed E-state index contributed by atoms with van der Waals surface area (Å²) in [7, 11) is 0. The molecule has 3 rings (SSSR count). The summed E-state index contributed by atoms with van der Waals surface area (Å²) in [6.45, 7) is 10.2. The van der Waals surface area contributed by atoms with E-state index in [0.717, 1.165) is 25.9 Å². The first kappa shape index (κ1) is 18.5. The molecule has 1 aliphatic rings. The van der Waals surface area contributed by atoms with Gasteiger partial charge < -0.3 is 10.2 Å². The summed E-state index contributed by atoms with van der Waals surface area (Å²) < 4.78 is 14.3. The van der Waals surface area contributed by atoms with Crippen molar-refractivity contribution in [2.24, 2.45) is 10.8 Å². The van der Waals surface area contributed by atoms with Gasteiger partial charge in [0, 0.05) is 25.0 Å². The number of nitrogens with zero attached hydrogens (tertiary/aromatic N) is 3. The Hall–Kier alpha value is -2.24. The lowest BCUT2D eigenvalue weighted by Gasteiger charge is -2.40. The molecule has 2 aromatic rings. The van der Waals surface area contributed by atoms with Crippen LogP contribution in [0.15, 0.2) is 24.5 Å². The quantitative estimate of drug-likeness (QED) is 0.912. The van der Waals surface area contributed by atoms with E-state index in [-0.39, 0.29) is 22.6 Å². The van der Waals surface area contributed by atoms with Gasteiger partial charge in [-0.25, -0.2) is 14.4 Å². The fourth-order valence-corrected chi connectivity index (χ4v) is 3.29. The van der Waals surface area contributed by atoms with Crippen molar-refractivity contribution in [1.29, 1.82) is 0 Å². The van der Waals surface area contributed by atoms with Crippen molar-refractivity contribution in [3.8, 4) is 0 Å². The third kappa shape index (κ3) is 3.79. The molecule has 5 nitrogen and oxygen atoms in total. The number of hydrogen-bond donors (Lipinski definition) is 1. The first-order chi connectivity index (χ1) is 12.2. The standard InChI is InChI=1S/C20H27FN4O/c1-19(2,3)18(26)22-12-20(4)8-10-25(11-9-20)17-16-14(21)6-5-7-15(16)23-13-24-17/h5-7,13H,8-12H2,1-4H3,(H,22,26). The van der Waals surface area contributed by atoms with E-state index in [0.29, 0.717) is 23.3 Å². The molecule has 1 saturated heterocycles. The molecule has 1 aromatic carbocycles. The van der Waals surface area contributed by atoms with Gasteiger partial charge >= 0.3 is 0 Å². The van der Waals surface area contributed by atoms with Crippen LogP contribution in [0.3, 0.4) is 0 Å². The Morgan fingerprint density at radius 3 is 2.62 bits per heavy atom. The van der Waals surface area contributed by atoms with Crippen LogP contribution in [0.1, 0.15) is 40.5 Å². The van der Waals surface area contributed by atoms with E-state index in [1.165, 1.54) is 12.4 Å². The van der Waals surface area contributed by atoms with Crippen molar-refractivity contribution >= 4 is 22.6 Å². The molecule has 1 aliphatic heterocycles. The van der Waals surface area contributed by atoms with Crippen molar-refractivity contribution in [3.63, 3.8) is 0 Å². The van der Waals surface area contributed by atoms with Crippen molar-refractivity contribution < 1.29 is 9.18 Å². The molecule has 0 radical (unpaired) electrons. The second kappa shape index (κ2) is 6.82. The van der Waals surface area contributed by atoms with Gasteiger partial charge in [-0.1, -0.05) is 33.8 Å². The fourth-order valence-electron chi connectivity index (χ4n) is 3.29. The van der Waals surface area contributed by atoms with Crippen molar-refractivity contribution in [1.82, 2.24) is 15.3 Å². The highest BCUT2D eigenvalue weighted by Gasteiger charge is 2.33. The minimum atomic E-state index is -0.380. The van der Waals surface area contributed by atoms with Gasteiger partial charge in [-0.3, -0.25) is 4.79 Å². The van der Waals surface area contributed by atoms with Gasteiger partial charge in [0.05, 0.1) is 10.9 Å². The largest absolute Gasteiger partial charge is 0.356 e. The summed E-state index contributed by atoms with van der Waals surface area (Å²) in [6, 6.07) is 4.92. The maximum absolute atomic E-state index is 14.3. The van der Waals surface area contributed by atoms with Gasteiger partial charge in [0.2, 0.25) is 5.91 Å². The summed E-state index contributed by atoms with van der Waals surface area (Å²) in [5.41, 5.74) is 0.286. The molecule has 0 saturated carbocycles. The lowest BCUT2D eigenvalue weighted by atomic mass is 9.80. The first-order valence-electron chi connectivity index (χ1n) is 9.12. The van der Waals surface area contributed by atoms with Gasteiger partial charge in [-0.2, -0.15) is 0 Å². The van der Waals surface area contributed by atoms with Crippen LogP contribution < -0.4 is 10.2 Å². The number of carbonyl (C=O) groups excluding carboxylic acids is 1. The average Bonchev–Trinajstić information content (AvgIpc) is 2.59. The molecular formula is C20H27FN4O. The van der Waals surface area contributed by atoms with E-state index in [1.54, 1.807) is 12.1 Å². The summed E-state index contributed by atoms with van der Waals surface area (Å²) in [6.07, 6.45) is 3.32. The van der Waals surface area contributed by atoms with E-state index < -0.39 is 0 Å². The lowest BCUT2D eigenvalue weighted by molar-refractivity contribution is -0.129. The molecular weight excluding hydrogens is 331 g/mol. The number of hydrogen-bond acceptors (Lipinski definition) is 4. The first-order valence-corrected chi connectivity index (χ1v) is 9.12. The molecule has 1 N–H and O–H groups in total. The van der Waals surface area contributed by atoms with Crippen LogP contribution >= 0.6 is 0 Å². The number of amides is 1. The van der Waals surface area contributed by atoms with Gasteiger partial charge in [0.1, 0.15) is 18.0 Å². The van der Waals surface area contributed by atoms with E-state index >= 15 is 0 Å². The maximum atomic E-state index is 14.3. The van der Waals surface area contributed by atoms with Crippen LogP contribution in [0.5, 0.6) is 0 Å². The Labute approximate surface area is 154 Å². The predicted molar refractivity (Wildman–Crippen MR) is 102 cm³/mol. The Balaban J connectivity index is 1.70. The molecule has 2 heterocycles. The summed E-state index contributed by atoms with van der Waals surface area (Å²) in [4.78, 5) is 22.8. The Morgan fingerprint density at radius 2 is 1.96 bits per heavy atom. The smallest absolute Gasteiger partial charge is 0.225 e. The number of halogens is 1. The minimum absolute atomic E-state index is 0.0405. The molecule has 1 amide bonds. The molecule has 0 bridgehead atoms. The van der Waals surface area contributed by atoms with Crippen LogP contribution in [0.4, 0.5) is 10.2 Å². The molecule has 0 unspecified atom stereocenters. The highest BCUT2D eigenvalue weighted by Crippen LogP contribution is 2.34. The highest BCUT2D eigenvalue weighted by atomic mass is 19.1. The van der Waals surface area contributed by atoms with Crippen molar-refractivity contribution in [2.45, 2.75) is 40.5 Å². The predicted octanol–water partition coefficient (Wildman–Crippen LogP) is 3.54. The number of carbonyl (C=O) groups is 1. The Kier molecular flexibility index (Phi) is 4.86. The highest BCUT2D eigenvalue weighted by molar-refractivity contribution is 5.89. The van der Waals surface area contributed by atoms with Gasteiger partial charge in [-0.05, 0) is 30.4 Å². The molecule has 0 spiro atoms. The Bertz CT molecular complexity index is 802. The minimum Gasteiger partial charge on any atom is -0.356 e. The van der Waals surface area contributed by atoms with Crippen LogP contribution in [0.25, 0.3) is 10.9 Å². The van der Waals surface area contributed by atoms with Gasteiger partial charge in [-0.15, -0.1) is 0 Å². The number of fused-ring (bicyclic) bond motifs is 1. The third-order valence-corrected chi connectivity index (χ3v) is 5.22. The molecule has 140 valence electrons. The van der Waals surface area contributed by atoms with E-state index in [9.17, 15) is 9.18 Å². The molecule has 1 aromatic heterocycles. The van der Waals surface area contributed by atoms with E-state index in [2.05, 4.69) is 27.1 Å². The summed E-state index contributed by atoms with van der Waals surface area (Å²) in [5.74, 6) is 0.447. The van der Waals surface area contributed by atoms with E-state index in [4.69, 9.17) is 0 Å². The molecule has 6 heteroatoms. The summed E-state index contributed by atoms with van der Waals surface area (Å²) in [5, 5.41) is 3.57. The zero-order chi connectivity index (χ0) is 18.9. The topological polar surface area (TPSA) is 58.1 Å². The fraction of sp³-hybridized carbons (Fsp3) is 0.550. The Morgan fingerprint density at radius 1 is 1.27 bits per heavy atom. The van der Waals surface area contributed by atoms with Crippen molar-refractivity contribution in [2.75, 3.05) is 24.5 Å². The van der Waals surface area contributed by atoms with Crippen LogP contribution in [-0.4, -0.2) is 35.5 Å². The monoisotopic (exact) mass is 358 g/mol. The summed E-state index contributed by atoms with van der Waals surface area (Å²) >= 11 is 0. The van der Waals surface area contributed by atoms with Crippen LogP contribution in [0, 0.1) is 16.6 Å². The third-order valence-electron chi connectivity index (χ3n) is 5.22. The van der Waals surface area contributed by atoms with Crippen LogP contribution in [0.2, 0.25) is 0 Å². The van der Waals surface area contributed by atoms with Gasteiger partial charge in [0.25, 0.3) is 0 Å². The van der Waals surface area contributed by atoms with Crippen LogP contribution in [-0.2, 0) is 4.79 Å². The zero-order valence-corrected chi connectivity index (χ0v) is 16.0. The number of aromatic nitrogens is 2. The molecule has 1 fully saturated rings. The normalized spacial score (nSPS) is 17.3.